The van der Waals surface area contributed by atoms with Crippen LogP contribution in [-0.4, -0.2) is 215 Å². The summed E-state index contributed by atoms with van der Waals surface area (Å²) in [6.45, 7) is 25.7. The number of ketones is 3. The van der Waals surface area contributed by atoms with E-state index in [1.807, 2.05) is 71.9 Å². The minimum absolute atomic E-state index is 0.0100. The van der Waals surface area contributed by atoms with Crippen LogP contribution in [-0.2, 0) is 68.8 Å². The van der Waals surface area contributed by atoms with Crippen molar-refractivity contribution >= 4 is 88.3 Å². The number of Topliss-reactive ketones (excluding diaryl/α,β-unsaturated/α-hetero) is 3. The molecule has 10 amide bonds. The number of anilines is 1. The van der Waals surface area contributed by atoms with Crippen LogP contribution in [0, 0.1) is 47.3 Å². The number of urea groups is 1. The number of aliphatic hydroxyl groups is 1. The SMILES string of the molecule is C=CC(=O)N1CN(C(=O)C=C)CN(C(=O)CCSCC(=O)N[C@H](C(=O)C[C@@H](CCCNC(N)=O)C(=O)Nc2ccc(COC(=O)N(C)[C@H](C(=O)C[C@H](C(=O)N(C)[C@@H](C(C)CC)[C@@H](CC(=O)N3CCC[C@H]3[C@H](OC)[C@@H](C)C(=O)C[C@H](C)[C@@H](O)c3ccccc3)OC)C(C)C)C(C)C)cc2)C(C)C)C1. The van der Waals surface area contributed by atoms with E-state index in [0.717, 1.165) is 29.5 Å². The molecule has 26 nitrogen and oxygen atoms in total. The minimum atomic E-state index is -0.982. The molecule has 1 unspecified atom stereocenters. The molecule has 2 aromatic rings. The topological polar surface area (TPSA) is 334 Å². The average molecular weight is 1440 g/mol. The average Bonchev–Trinajstić information content (AvgIpc) is 1.43. The Labute approximate surface area is 607 Å². The van der Waals surface area contributed by atoms with Crippen molar-refractivity contribution in [3.63, 3.8) is 0 Å². The molecule has 2 saturated heterocycles. The molecule has 27 heteroatoms. The van der Waals surface area contributed by atoms with Crippen molar-refractivity contribution < 1.29 is 76.9 Å². The Balaban J connectivity index is 1.37. The van der Waals surface area contributed by atoms with Crippen molar-refractivity contribution in [2.75, 3.05) is 78.2 Å². The highest BCUT2D eigenvalue weighted by Gasteiger charge is 2.44. The highest BCUT2D eigenvalue weighted by atomic mass is 32.2. The summed E-state index contributed by atoms with van der Waals surface area (Å²) in [6.07, 6.45) is 1.22. The van der Waals surface area contributed by atoms with E-state index in [1.54, 1.807) is 75.9 Å². The standard InChI is InChI=1S/C75H114N10O16S/c1-17-49(10)69(61(99-15)40-66(93)85-35-24-28-57(85)71(100-16)51(12)58(86)37-50(11)70(94)53-25-21-20-22-26-53)80(13)73(96)56(46(4)5)39-60(88)68(48(8)9)81(14)75(98)101-41-52-29-31-55(32-30-52)78-72(95)54(27-23-34-77-74(76)97)38-59(87)67(47(6)7)79-62(89)42-102-36-33-65(92)84-44-82(63(90)18-2)43-83(45-84)64(91)19-3/h18-22,25-26,29-32,46-51,54,56-57,61,67-71,94H,2-3,17,23-24,27-28,33-45H2,1,4-16H3,(H,78,95)(H,79,89)(H3,76,77,97)/t49?,50-,51-,54+,56-,57-,61+,67-,68-,69-,70+,71+/m0/s1. The first kappa shape index (κ1) is 86.4. The lowest BCUT2D eigenvalue weighted by Crippen LogP contribution is -2.59. The summed E-state index contributed by atoms with van der Waals surface area (Å²) in [5.74, 6) is -7.36. The number of nitrogens with one attached hydrogen (secondary N) is 3. The summed E-state index contributed by atoms with van der Waals surface area (Å²) < 4.78 is 17.9. The number of methoxy groups -OCH3 is 2. The fraction of sp³-hybridized carbons (Fsp3) is 0.627. The fourth-order valence-corrected chi connectivity index (χ4v) is 14.2. The predicted octanol–water partition coefficient (Wildman–Crippen LogP) is 7.73. The van der Waals surface area contributed by atoms with Gasteiger partial charge in [0.15, 0.2) is 11.6 Å². The highest BCUT2D eigenvalue weighted by Crippen LogP contribution is 2.34. The van der Waals surface area contributed by atoms with E-state index >= 15 is 0 Å². The van der Waals surface area contributed by atoms with Crippen LogP contribution < -0.4 is 21.7 Å². The number of likely N-dealkylation sites (tertiary alicyclic amines) is 1. The Morgan fingerprint density at radius 3 is 1.89 bits per heavy atom. The number of carbonyl (C=O) groups excluding carboxylic acids is 12. The van der Waals surface area contributed by atoms with Gasteiger partial charge in [0.25, 0.3) is 0 Å². The van der Waals surface area contributed by atoms with Gasteiger partial charge in [0.05, 0.1) is 74.7 Å². The molecule has 6 N–H and O–H groups in total. The zero-order valence-electron chi connectivity index (χ0n) is 62.4. The number of rotatable bonds is 42. The van der Waals surface area contributed by atoms with Crippen molar-refractivity contribution in [1.82, 2.24) is 40.0 Å². The van der Waals surface area contributed by atoms with Gasteiger partial charge in [-0.25, -0.2) is 9.59 Å². The molecule has 2 heterocycles. The highest BCUT2D eigenvalue weighted by molar-refractivity contribution is 7.99. The van der Waals surface area contributed by atoms with Crippen LogP contribution >= 0.6 is 11.8 Å². The molecule has 2 aliphatic rings. The number of nitrogens with zero attached hydrogens (tertiary/aromatic N) is 6. The summed E-state index contributed by atoms with van der Waals surface area (Å²) in [6, 6.07) is 12.0. The zero-order chi connectivity index (χ0) is 76.2. The number of hydrogen-bond acceptors (Lipinski definition) is 17. The molecule has 566 valence electrons. The van der Waals surface area contributed by atoms with Gasteiger partial charge in [-0.1, -0.05) is 131 Å². The molecular formula is C75H114N10O16S. The van der Waals surface area contributed by atoms with Crippen LogP contribution in [0.4, 0.5) is 15.3 Å². The van der Waals surface area contributed by atoms with Gasteiger partial charge >= 0.3 is 12.1 Å². The Morgan fingerprint density at radius 2 is 1.34 bits per heavy atom. The monoisotopic (exact) mass is 1440 g/mol. The van der Waals surface area contributed by atoms with E-state index in [0.29, 0.717) is 37.1 Å². The second-order valence-electron chi connectivity index (χ2n) is 28.1. The van der Waals surface area contributed by atoms with Gasteiger partial charge in [-0.3, -0.25) is 47.9 Å². The molecule has 0 spiro atoms. The second kappa shape index (κ2) is 42.6. The third-order valence-electron chi connectivity index (χ3n) is 19.6. The number of carbonyl (C=O) groups is 12. The fourth-order valence-electron chi connectivity index (χ4n) is 13.5. The first-order valence-corrected chi connectivity index (χ1v) is 36.6. The maximum Gasteiger partial charge on any atom is 0.410 e. The summed E-state index contributed by atoms with van der Waals surface area (Å²) in [5.41, 5.74) is 6.91. The minimum Gasteiger partial charge on any atom is -0.445 e. The normalized spacial score (nSPS) is 17.2. The Kier molecular flexibility index (Phi) is 36.0. The summed E-state index contributed by atoms with van der Waals surface area (Å²) >= 11 is 1.16. The molecule has 102 heavy (non-hydrogen) atoms. The quantitative estimate of drug-likeness (QED) is 0.0313. The number of likely N-dealkylation sites (N-methyl/N-ethyl adjacent to an activating group) is 2. The third kappa shape index (κ3) is 25.4. The van der Waals surface area contributed by atoms with Gasteiger partial charge in [0.1, 0.15) is 12.4 Å². The van der Waals surface area contributed by atoms with Gasteiger partial charge in [-0.05, 0) is 90.7 Å². The lowest BCUT2D eigenvalue weighted by Gasteiger charge is -2.41. The van der Waals surface area contributed by atoms with Crippen molar-refractivity contribution in [2.24, 2.45) is 53.1 Å². The van der Waals surface area contributed by atoms with Crippen LogP contribution in [0.1, 0.15) is 151 Å². The maximum absolute atomic E-state index is 14.9. The molecular weight excluding hydrogens is 1330 g/mol. The lowest BCUT2D eigenvalue weighted by atomic mass is 9.83. The molecule has 2 aromatic carbocycles. The van der Waals surface area contributed by atoms with E-state index in [2.05, 4.69) is 29.1 Å². The Morgan fingerprint density at radius 1 is 0.725 bits per heavy atom. The Bertz CT molecular complexity index is 3140. The number of ether oxygens (including phenoxy) is 3. The lowest BCUT2D eigenvalue weighted by molar-refractivity contribution is -0.154. The molecule has 0 saturated carbocycles. The number of aliphatic hydroxyl groups excluding tert-OH is 1. The van der Waals surface area contributed by atoms with E-state index in [4.69, 9.17) is 19.9 Å². The third-order valence-corrected chi connectivity index (χ3v) is 20.5. The summed E-state index contributed by atoms with van der Waals surface area (Å²) in [4.78, 5) is 171. The van der Waals surface area contributed by atoms with Crippen LogP contribution in [0.2, 0.25) is 0 Å². The van der Waals surface area contributed by atoms with E-state index in [9.17, 15) is 62.6 Å². The predicted molar refractivity (Wildman–Crippen MR) is 390 cm³/mol. The molecule has 0 bridgehead atoms. The first-order valence-electron chi connectivity index (χ1n) is 35.5. The van der Waals surface area contributed by atoms with E-state index < -0.39 is 108 Å². The van der Waals surface area contributed by atoms with E-state index in [1.165, 1.54) is 33.8 Å². The van der Waals surface area contributed by atoms with Gasteiger partial charge in [-0.2, -0.15) is 11.8 Å². The number of benzene rings is 2. The van der Waals surface area contributed by atoms with Crippen LogP contribution in [0.15, 0.2) is 79.9 Å². The molecule has 0 radical (unpaired) electrons. The zero-order valence-corrected chi connectivity index (χ0v) is 63.2. The van der Waals surface area contributed by atoms with Crippen LogP contribution in [0.25, 0.3) is 0 Å². The largest absolute Gasteiger partial charge is 0.445 e. The van der Waals surface area contributed by atoms with Gasteiger partial charge in [0.2, 0.25) is 41.4 Å². The van der Waals surface area contributed by atoms with Crippen LogP contribution in [0.3, 0.4) is 0 Å². The van der Waals surface area contributed by atoms with Gasteiger partial charge < -0.3 is 70.4 Å². The number of amides is 10. The van der Waals surface area contributed by atoms with Crippen molar-refractivity contribution in [1.29, 1.82) is 0 Å². The number of thioether (sulfide) groups is 1. The Hall–Kier alpha value is -8.01. The number of hydrogen-bond donors (Lipinski definition) is 5. The van der Waals surface area contributed by atoms with Crippen LogP contribution in [0.5, 0.6) is 0 Å². The first-order chi connectivity index (χ1) is 48.2. The molecule has 12 atom stereocenters. The van der Waals surface area contributed by atoms with Gasteiger partial charge in [0, 0.05) is 96.3 Å². The van der Waals surface area contributed by atoms with Crippen molar-refractivity contribution in [2.45, 2.75) is 183 Å². The number of nitrogens with two attached hydrogens (primary N) is 1. The summed E-state index contributed by atoms with van der Waals surface area (Å²) in [5, 5.41) is 19.2. The van der Waals surface area contributed by atoms with Crippen molar-refractivity contribution in [3.8, 4) is 0 Å². The molecule has 0 aromatic heterocycles. The molecule has 2 aliphatic heterocycles. The molecule has 4 rings (SSSR count). The molecule has 0 aliphatic carbocycles. The molecule has 2 fully saturated rings. The van der Waals surface area contributed by atoms with E-state index in [-0.39, 0.29) is 143 Å². The maximum atomic E-state index is 14.9. The van der Waals surface area contributed by atoms with Crippen molar-refractivity contribution in [3.05, 3.63) is 91.0 Å². The summed E-state index contributed by atoms with van der Waals surface area (Å²) in [7, 11) is 6.21. The van der Waals surface area contributed by atoms with Gasteiger partial charge in [-0.15, -0.1) is 0 Å². The smallest absolute Gasteiger partial charge is 0.410 e. The number of primary amides is 1. The second-order valence-corrected chi connectivity index (χ2v) is 29.2.